The number of benzene rings is 1. The normalized spacial score (nSPS) is 18.5. The molecule has 0 amide bonds. The minimum absolute atomic E-state index is 0.448. The van der Waals surface area contributed by atoms with E-state index in [0.717, 1.165) is 22.6 Å². The maximum Gasteiger partial charge on any atom is 0.0410 e. The molecule has 0 radical (unpaired) electrons. The van der Waals surface area contributed by atoms with Crippen molar-refractivity contribution in [2.24, 2.45) is 0 Å². The second kappa shape index (κ2) is 7.35. The highest BCUT2D eigenvalue weighted by molar-refractivity contribution is 9.10. The van der Waals surface area contributed by atoms with E-state index >= 15 is 0 Å². The summed E-state index contributed by atoms with van der Waals surface area (Å²) in [7, 11) is 0. The zero-order valence-corrected chi connectivity index (χ0v) is 14.5. The lowest BCUT2D eigenvalue weighted by Gasteiger charge is -2.36. The molecule has 1 nitrogen and oxygen atoms in total. The molecule has 0 saturated heterocycles. The van der Waals surface area contributed by atoms with Gasteiger partial charge in [-0.2, -0.15) is 11.8 Å². The molecule has 1 aromatic rings. The van der Waals surface area contributed by atoms with E-state index in [2.05, 4.69) is 27.5 Å². The second-order valence-electron chi connectivity index (χ2n) is 5.29. The van der Waals surface area contributed by atoms with Crippen LogP contribution in [-0.4, -0.2) is 17.5 Å². The summed E-state index contributed by atoms with van der Waals surface area (Å²) in [4.78, 5) is 0. The van der Waals surface area contributed by atoms with Crippen molar-refractivity contribution in [3.8, 4) is 0 Å². The molecular weight excluding hydrogens is 342 g/mol. The fourth-order valence-corrected chi connectivity index (χ4v) is 4.28. The Kier molecular flexibility index (Phi) is 6.07. The van der Waals surface area contributed by atoms with Crippen molar-refractivity contribution in [1.82, 2.24) is 5.32 Å². The third-order valence-corrected chi connectivity index (χ3v) is 6.40. The Morgan fingerprint density at radius 2 is 2.05 bits per heavy atom. The van der Waals surface area contributed by atoms with Crippen molar-refractivity contribution in [2.45, 2.75) is 43.4 Å². The summed E-state index contributed by atoms with van der Waals surface area (Å²) in [5.41, 5.74) is 1.24. The van der Waals surface area contributed by atoms with Crippen molar-refractivity contribution in [3.63, 3.8) is 0 Å². The van der Waals surface area contributed by atoms with Gasteiger partial charge in [-0.3, -0.25) is 0 Å². The molecule has 106 valence electrons. The van der Waals surface area contributed by atoms with Gasteiger partial charge >= 0.3 is 0 Å². The lowest BCUT2D eigenvalue weighted by atomic mass is 9.88. The Morgan fingerprint density at radius 1 is 1.32 bits per heavy atom. The quantitative estimate of drug-likeness (QED) is 0.767. The van der Waals surface area contributed by atoms with Crippen molar-refractivity contribution in [1.29, 1.82) is 0 Å². The molecule has 0 spiro atoms. The van der Waals surface area contributed by atoms with E-state index in [-0.39, 0.29) is 0 Å². The lowest BCUT2D eigenvalue weighted by Crippen LogP contribution is -2.39. The van der Waals surface area contributed by atoms with Crippen molar-refractivity contribution >= 4 is 39.3 Å². The van der Waals surface area contributed by atoms with E-state index in [0.29, 0.717) is 4.75 Å². The van der Waals surface area contributed by atoms with Gasteiger partial charge in [0, 0.05) is 27.3 Å². The van der Waals surface area contributed by atoms with E-state index in [4.69, 9.17) is 11.6 Å². The van der Waals surface area contributed by atoms with Gasteiger partial charge in [-0.1, -0.05) is 46.8 Å². The summed E-state index contributed by atoms with van der Waals surface area (Å²) in [5.74, 6) is 0. The molecule has 1 aliphatic rings. The minimum atomic E-state index is 0.448. The van der Waals surface area contributed by atoms with Crippen LogP contribution in [0.1, 0.15) is 37.7 Å². The highest BCUT2D eigenvalue weighted by Crippen LogP contribution is 2.38. The molecule has 2 rings (SSSR count). The van der Waals surface area contributed by atoms with Crippen LogP contribution in [0, 0.1) is 0 Å². The Hall–Kier alpha value is 0.300. The van der Waals surface area contributed by atoms with Crippen LogP contribution in [-0.2, 0) is 6.54 Å². The predicted octanol–water partition coefficient (Wildman–Crippen LogP) is 5.26. The fraction of sp³-hybridized carbons (Fsp3) is 0.600. The first-order chi connectivity index (χ1) is 9.15. The topological polar surface area (TPSA) is 12.0 Å². The van der Waals surface area contributed by atoms with Crippen molar-refractivity contribution < 1.29 is 0 Å². The zero-order valence-electron chi connectivity index (χ0n) is 11.3. The maximum atomic E-state index is 6.05. The molecule has 1 fully saturated rings. The van der Waals surface area contributed by atoms with Gasteiger partial charge in [-0.25, -0.2) is 0 Å². The Balaban J connectivity index is 1.90. The summed E-state index contributed by atoms with van der Waals surface area (Å²) in [6.45, 7) is 1.97. The maximum absolute atomic E-state index is 6.05. The monoisotopic (exact) mass is 361 g/mol. The molecule has 1 aliphatic carbocycles. The van der Waals surface area contributed by atoms with Crippen LogP contribution in [0.25, 0.3) is 0 Å². The average molecular weight is 363 g/mol. The standard InChI is InChI=1S/C15H21BrClNS/c1-19-15(7-3-2-4-8-15)11-18-10-12-9-13(17)5-6-14(12)16/h5-6,9,18H,2-4,7-8,10-11H2,1H3. The average Bonchev–Trinajstić information content (AvgIpc) is 2.44. The fourth-order valence-electron chi connectivity index (χ4n) is 2.75. The molecule has 0 aromatic heterocycles. The number of nitrogens with one attached hydrogen (secondary N) is 1. The van der Waals surface area contributed by atoms with Gasteiger partial charge in [0.2, 0.25) is 0 Å². The van der Waals surface area contributed by atoms with Crippen LogP contribution in [0.2, 0.25) is 5.02 Å². The molecule has 0 atom stereocenters. The van der Waals surface area contributed by atoms with Crippen LogP contribution in [0.15, 0.2) is 22.7 Å². The van der Waals surface area contributed by atoms with Gasteiger partial charge in [-0.15, -0.1) is 0 Å². The van der Waals surface area contributed by atoms with E-state index < -0.39 is 0 Å². The van der Waals surface area contributed by atoms with E-state index in [1.807, 2.05) is 30.0 Å². The van der Waals surface area contributed by atoms with Crippen LogP contribution >= 0.6 is 39.3 Å². The Labute approximate surface area is 134 Å². The van der Waals surface area contributed by atoms with Crippen LogP contribution in [0.5, 0.6) is 0 Å². The number of halogens is 2. The van der Waals surface area contributed by atoms with Gasteiger partial charge in [-0.05, 0) is 42.9 Å². The van der Waals surface area contributed by atoms with Gasteiger partial charge in [0.1, 0.15) is 0 Å². The second-order valence-corrected chi connectivity index (χ2v) is 7.85. The van der Waals surface area contributed by atoms with Gasteiger partial charge < -0.3 is 5.32 Å². The molecule has 0 aliphatic heterocycles. The smallest absolute Gasteiger partial charge is 0.0410 e. The zero-order chi connectivity index (χ0) is 13.7. The molecule has 0 heterocycles. The Morgan fingerprint density at radius 3 is 2.74 bits per heavy atom. The molecule has 19 heavy (non-hydrogen) atoms. The molecule has 1 saturated carbocycles. The summed E-state index contributed by atoms with van der Waals surface area (Å²) < 4.78 is 1.58. The molecule has 0 unspecified atom stereocenters. The van der Waals surface area contributed by atoms with Crippen LogP contribution < -0.4 is 5.32 Å². The molecule has 1 aromatic carbocycles. The first-order valence-corrected chi connectivity index (χ1v) is 9.25. The number of hydrogen-bond acceptors (Lipinski definition) is 2. The van der Waals surface area contributed by atoms with Gasteiger partial charge in [0.05, 0.1) is 0 Å². The van der Waals surface area contributed by atoms with E-state index in [1.165, 1.54) is 37.7 Å². The summed E-state index contributed by atoms with van der Waals surface area (Å²) in [5, 5.41) is 4.42. The highest BCUT2D eigenvalue weighted by Gasteiger charge is 2.30. The third kappa shape index (κ3) is 4.38. The first-order valence-electron chi connectivity index (χ1n) is 6.85. The van der Waals surface area contributed by atoms with Gasteiger partial charge in [0.15, 0.2) is 0 Å². The SMILES string of the molecule is CSC1(CNCc2cc(Cl)ccc2Br)CCCCC1. The summed E-state index contributed by atoms with van der Waals surface area (Å²) in [6.07, 6.45) is 9.10. The van der Waals surface area contributed by atoms with Crippen molar-refractivity contribution in [3.05, 3.63) is 33.3 Å². The van der Waals surface area contributed by atoms with Crippen LogP contribution in [0.4, 0.5) is 0 Å². The van der Waals surface area contributed by atoms with E-state index in [1.54, 1.807) is 0 Å². The number of rotatable bonds is 5. The molecule has 1 N–H and O–H groups in total. The highest BCUT2D eigenvalue weighted by atomic mass is 79.9. The first kappa shape index (κ1) is 15.7. The molecular formula is C15H21BrClNS. The summed E-state index contributed by atoms with van der Waals surface area (Å²) in [6, 6.07) is 5.97. The van der Waals surface area contributed by atoms with E-state index in [9.17, 15) is 0 Å². The summed E-state index contributed by atoms with van der Waals surface area (Å²) >= 11 is 11.7. The predicted molar refractivity (Wildman–Crippen MR) is 90.2 cm³/mol. The molecule has 4 heteroatoms. The third-order valence-electron chi connectivity index (χ3n) is 3.97. The lowest BCUT2D eigenvalue weighted by molar-refractivity contribution is 0.379. The molecule has 0 bridgehead atoms. The minimum Gasteiger partial charge on any atom is -0.311 e. The van der Waals surface area contributed by atoms with Gasteiger partial charge in [0.25, 0.3) is 0 Å². The van der Waals surface area contributed by atoms with Crippen molar-refractivity contribution in [2.75, 3.05) is 12.8 Å². The largest absolute Gasteiger partial charge is 0.311 e. The number of thioether (sulfide) groups is 1. The Bertz CT molecular complexity index is 419. The number of hydrogen-bond donors (Lipinski definition) is 1. The van der Waals surface area contributed by atoms with Crippen LogP contribution in [0.3, 0.4) is 0 Å².